The van der Waals surface area contributed by atoms with E-state index in [1.54, 1.807) is 0 Å². The van der Waals surface area contributed by atoms with E-state index in [0.29, 0.717) is 0 Å². The van der Waals surface area contributed by atoms with Gasteiger partial charge in [0.25, 0.3) is 0 Å². The van der Waals surface area contributed by atoms with E-state index in [9.17, 15) is 0 Å². The molecular weight excluding hydrogens is 86.1 g/mol. The Morgan fingerprint density at radius 2 is 2.43 bits per heavy atom. The summed E-state index contributed by atoms with van der Waals surface area (Å²) < 4.78 is 0. The van der Waals surface area contributed by atoms with Crippen LogP contribution in [0.15, 0.2) is 17.9 Å². The van der Waals surface area contributed by atoms with Crippen molar-refractivity contribution in [2.45, 2.75) is 6.92 Å². The van der Waals surface area contributed by atoms with Crippen molar-refractivity contribution in [2.24, 2.45) is 0 Å². The topological polar surface area (TPSA) is 12.0 Å². The van der Waals surface area contributed by atoms with Gasteiger partial charge in [0.05, 0.1) is 0 Å². The Morgan fingerprint density at radius 3 is 2.57 bits per heavy atom. The number of rotatable bonds is 2. The molecule has 0 unspecified atom stereocenters. The second-order valence-electron chi connectivity index (χ2n) is 1.49. The highest BCUT2D eigenvalue weighted by atomic mass is 14.8. The van der Waals surface area contributed by atoms with E-state index in [1.807, 2.05) is 14.0 Å². The van der Waals surface area contributed by atoms with Gasteiger partial charge in [0.1, 0.15) is 0 Å². The molecule has 40 valence electrons. The molecule has 0 bridgehead atoms. The number of hydrogen-bond donors (Lipinski definition) is 1. The highest BCUT2D eigenvalue weighted by molar-refractivity contribution is 4.95. The Balaban J connectivity index is 3.37. The maximum atomic E-state index is 3.48. The van der Waals surface area contributed by atoms with Gasteiger partial charge in [-0.2, -0.15) is 0 Å². The molecule has 0 saturated heterocycles. The van der Waals surface area contributed by atoms with E-state index in [2.05, 4.69) is 17.6 Å². The summed E-state index contributed by atoms with van der Waals surface area (Å²) in [6, 6.07) is 0. The maximum Gasteiger partial charge on any atom is 0.0234 e. The van der Waals surface area contributed by atoms with Crippen LogP contribution in [-0.2, 0) is 0 Å². The van der Waals surface area contributed by atoms with Crippen molar-refractivity contribution in [1.29, 1.82) is 0 Å². The quantitative estimate of drug-likeness (QED) is 0.505. The van der Waals surface area contributed by atoms with Crippen molar-refractivity contribution < 1.29 is 0 Å². The molecule has 0 spiro atoms. The lowest BCUT2D eigenvalue weighted by molar-refractivity contribution is 0.882. The summed E-state index contributed by atoms with van der Waals surface area (Å²) in [5, 5.41) is 2.98. The highest BCUT2D eigenvalue weighted by Gasteiger charge is 1.77. The molecule has 0 rings (SSSR count). The first-order chi connectivity index (χ1) is 3.31. The zero-order chi connectivity index (χ0) is 5.70. The largest absolute Gasteiger partial charge is 0.315 e. The van der Waals surface area contributed by atoms with Crippen LogP contribution in [0.25, 0.3) is 0 Å². The zero-order valence-electron chi connectivity index (χ0n) is 4.91. The molecular formula is C6H11N. The third-order valence-electron chi connectivity index (χ3n) is 0.744. The first-order valence-corrected chi connectivity index (χ1v) is 2.31. The first-order valence-electron chi connectivity index (χ1n) is 2.31. The molecule has 0 amide bonds. The molecule has 1 N–H and O–H groups in total. The lowest BCUT2D eigenvalue weighted by Gasteiger charge is -1.90. The van der Waals surface area contributed by atoms with Gasteiger partial charge in [0, 0.05) is 6.54 Å². The summed E-state index contributed by atoms with van der Waals surface area (Å²) in [7, 11) is 1.90. The molecule has 0 heterocycles. The maximum absolute atomic E-state index is 3.48. The molecule has 0 aromatic rings. The fourth-order valence-corrected chi connectivity index (χ4v) is 0.328. The van der Waals surface area contributed by atoms with Crippen LogP contribution < -0.4 is 5.32 Å². The predicted octanol–water partition coefficient (Wildman–Crippen LogP) is 0.937. The molecule has 0 radical (unpaired) electrons. The van der Waals surface area contributed by atoms with Crippen LogP contribution in [-0.4, -0.2) is 13.6 Å². The predicted molar refractivity (Wildman–Crippen MR) is 32.3 cm³/mol. The summed E-state index contributed by atoms with van der Waals surface area (Å²) in [5.74, 6) is 0. The van der Waals surface area contributed by atoms with Crippen LogP contribution in [0.3, 0.4) is 0 Å². The van der Waals surface area contributed by atoms with Crippen molar-refractivity contribution in [3.05, 3.63) is 17.9 Å². The van der Waals surface area contributed by atoms with Crippen molar-refractivity contribution in [2.75, 3.05) is 13.6 Å². The van der Waals surface area contributed by atoms with Gasteiger partial charge in [-0.1, -0.05) is 6.58 Å². The van der Waals surface area contributed by atoms with E-state index >= 15 is 0 Å². The summed E-state index contributed by atoms with van der Waals surface area (Å²) in [6.07, 6.45) is 0. The van der Waals surface area contributed by atoms with Gasteiger partial charge in [0.2, 0.25) is 0 Å². The number of likely N-dealkylation sites (N-methyl/N-ethyl adjacent to an activating group) is 1. The third-order valence-corrected chi connectivity index (χ3v) is 0.744. The molecule has 0 aliphatic carbocycles. The van der Waals surface area contributed by atoms with E-state index in [4.69, 9.17) is 0 Å². The van der Waals surface area contributed by atoms with Gasteiger partial charge in [-0.05, 0) is 19.5 Å². The molecule has 0 saturated carbocycles. The second-order valence-corrected chi connectivity index (χ2v) is 1.49. The summed E-state index contributed by atoms with van der Waals surface area (Å²) in [6.45, 7) is 6.36. The average Bonchev–Trinajstić information content (AvgIpc) is 1.68. The molecule has 1 nitrogen and oxygen atoms in total. The minimum absolute atomic E-state index is 0.892. The van der Waals surface area contributed by atoms with Crippen molar-refractivity contribution in [1.82, 2.24) is 5.32 Å². The molecule has 0 fully saturated rings. The highest BCUT2D eigenvalue weighted by Crippen LogP contribution is 1.80. The van der Waals surface area contributed by atoms with Gasteiger partial charge < -0.3 is 5.32 Å². The summed E-state index contributed by atoms with van der Waals surface area (Å²) in [4.78, 5) is 0. The van der Waals surface area contributed by atoms with Crippen LogP contribution in [0, 0.1) is 0 Å². The average molecular weight is 97.2 g/mol. The van der Waals surface area contributed by atoms with Crippen LogP contribution in [0.4, 0.5) is 0 Å². The van der Waals surface area contributed by atoms with Gasteiger partial charge in [-0.3, -0.25) is 0 Å². The number of nitrogens with one attached hydrogen (secondary N) is 1. The van der Waals surface area contributed by atoms with Crippen molar-refractivity contribution in [3.8, 4) is 0 Å². The normalized spacial score (nSPS) is 7.71. The van der Waals surface area contributed by atoms with Crippen LogP contribution in [0.1, 0.15) is 6.92 Å². The second kappa shape index (κ2) is 3.66. The van der Waals surface area contributed by atoms with E-state index in [1.165, 1.54) is 0 Å². The van der Waals surface area contributed by atoms with Gasteiger partial charge in [0.15, 0.2) is 0 Å². The van der Waals surface area contributed by atoms with E-state index < -0.39 is 0 Å². The lowest BCUT2D eigenvalue weighted by Crippen LogP contribution is -2.07. The molecule has 0 atom stereocenters. The van der Waals surface area contributed by atoms with Gasteiger partial charge in [-0.25, -0.2) is 0 Å². The van der Waals surface area contributed by atoms with Crippen LogP contribution in [0.5, 0.6) is 0 Å². The fourth-order valence-electron chi connectivity index (χ4n) is 0.328. The fraction of sp³-hybridized carbons (Fsp3) is 0.500. The zero-order valence-corrected chi connectivity index (χ0v) is 4.91. The van der Waals surface area contributed by atoms with Crippen LogP contribution >= 0.6 is 0 Å². The SMILES string of the molecule is C=C=C(C)CNC. The summed E-state index contributed by atoms with van der Waals surface area (Å²) >= 11 is 0. The Labute approximate surface area is 44.7 Å². The van der Waals surface area contributed by atoms with E-state index in [-0.39, 0.29) is 0 Å². The number of hydrogen-bond acceptors (Lipinski definition) is 1. The molecule has 7 heavy (non-hydrogen) atoms. The Morgan fingerprint density at radius 1 is 1.86 bits per heavy atom. The third kappa shape index (κ3) is 3.31. The summed E-state index contributed by atoms with van der Waals surface area (Å²) in [5.41, 5.74) is 3.93. The van der Waals surface area contributed by atoms with Crippen LogP contribution in [0.2, 0.25) is 0 Å². The van der Waals surface area contributed by atoms with Crippen molar-refractivity contribution >= 4 is 0 Å². The smallest absolute Gasteiger partial charge is 0.0234 e. The van der Waals surface area contributed by atoms with Gasteiger partial charge >= 0.3 is 0 Å². The lowest BCUT2D eigenvalue weighted by atomic mass is 10.3. The van der Waals surface area contributed by atoms with E-state index in [0.717, 1.165) is 12.1 Å². The molecule has 0 aromatic heterocycles. The van der Waals surface area contributed by atoms with Crippen molar-refractivity contribution in [3.63, 3.8) is 0 Å². The molecule has 0 aliphatic heterocycles. The molecule has 0 aromatic carbocycles. The standard InChI is InChI=1S/C6H11N/c1-4-6(2)5-7-3/h7H,1,5H2,2-3H3. The molecule has 1 heteroatoms. The minimum atomic E-state index is 0.892. The van der Waals surface area contributed by atoms with Gasteiger partial charge in [-0.15, -0.1) is 5.73 Å². The first kappa shape index (κ1) is 6.48. The Bertz CT molecular complexity index is 88.4. The Kier molecular flexibility index (Phi) is 3.39. The molecule has 0 aliphatic rings. The Hall–Kier alpha value is -0.520. The monoisotopic (exact) mass is 97.1 g/mol. The minimum Gasteiger partial charge on any atom is -0.315 e.